The molecule has 1 rings (SSSR count). The van der Waals surface area contributed by atoms with Crippen molar-refractivity contribution in [2.45, 2.75) is 40.2 Å². The van der Waals surface area contributed by atoms with Crippen LogP contribution in [0.4, 0.5) is 5.00 Å². The van der Waals surface area contributed by atoms with Gasteiger partial charge in [0.1, 0.15) is 5.00 Å². The molecule has 0 aromatic carbocycles. The maximum absolute atomic E-state index is 12.1. The van der Waals surface area contributed by atoms with Crippen LogP contribution in [0, 0.1) is 13.8 Å². The van der Waals surface area contributed by atoms with Crippen molar-refractivity contribution in [3.8, 4) is 0 Å². The largest absolute Gasteiger partial charge is 0.459 e. The lowest BCUT2D eigenvalue weighted by atomic mass is 10.1. The van der Waals surface area contributed by atoms with Gasteiger partial charge in [0.25, 0.3) is 0 Å². The van der Waals surface area contributed by atoms with Gasteiger partial charge in [0.2, 0.25) is 5.91 Å². The van der Waals surface area contributed by atoms with E-state index in [0.717, 1.165) is 10.4 Å². The number of nitrogens with one attached hydrogen (secondary N) is 1. The minimum Gasteiger partial charge on any atom is -0.459 e. The number of ether oxygens (including phenoxy) is 1. The Morgan fingerprint density at radius 2 is 2.00 bits per heavy atom. The summed E-state index contributed by atoms with van der Waals surface area (Å²) in [5, 5.41) is 3.26. The first kappa shape index (κ1) is 16.0. The Balaban J connectivity index is 3.01. The highest BCUT2D eigenvalue weighted by Crippen LogP contribution is 2.33. The average molecular weight is 304 g/mol. The molecule has 0 fully saturated rings. The SMILES string of the molecule is Cc1sc(NC(=O)CCCl)c(C(=O)OC(C)C)c1C. The molecule has 1 N–H and O–H groups in total. The van der Waals surface area contributed by atoms with Crippen LogP contribution in [-0.2, 0) is 9.53 Å². The maximum atomic E-state index is 12.1. The molecule has 0 spiro atoms. The average Bonchev–Trinajstić information content (AvgIpc) is 2.53. The number of carbonyl (C=O) groups excluding carboxylic acids is 2. The third kappa shape index (κ3) is 4.21. The Hall–Kier alpha value is -1.07. The van der Waals surface area contributed by atoms with Crippen LogP contribution in [0.2, 0.25) is 0 Å². The molecule has 4 nitrogen and oxygen atoms in total. The second-order valence-electron chi connectivity index (χ2n) is 4.43. The Kier molecular flexibility index (Phi) is 5.82. The van der Waals surface area contributed by atoms with Crippen molar-refractivity contribution in [3.05, 3.63) is 16.0 Å². The summed E-state index contributed by atoms with van der Waals surface area (Å²) in [6.45, 7) is 7.33. The van der Waals surface area contributed by atoms with Gasteiger partial charge in [-0.15, -0.1) is 22.9 Å². The molecule has 0 aliphatic rings. The van der Waals surface area contributed by atoms with E-state index in [-0.39, 0.29) is 24.3 Å². The number of esters is 1. The molecule has 1 amide bonds. The maximum Gasteiger partial charge on any atom is 0.341 e. The fourth-order valence-electron chi connectivity index (χ4n) is 1.51. The van der Waals surface area contributed by atoms with E-state index in [1.54, 1.807) is 13.8 Å². The third-order valence-electron chi connectivity index (χ3n) is 2.51. The molecule has 0 saturated heterocycles. The van der Waals surface area contributed by atoms with E-state index in [4.69, 9.17) is 16.3 Å². The number of carbonyl (C=O) groups is 2. The number of alkyl halides is 1. The van der Waals surface area contributed by atoms with Crippen LogP contribution in [-0.4, -0.2) is 23.9 Å². The molecule has 1 aromatic rings. The lowest BCUT2D eigenvalue weighted by Gasteiger charge is -2.10. The predicted molar refractivity (Wildman–Crippen MR) is 78.3 cm³/mol. The van der Waals surface area contributed by atoms with Crippen LogP contribution in [0.15, 0.2) is 0 Å². The minimum absolute atomic E-state index is 0.196. The summed E-state index contributed by atoms with van der Waals surface area (Å²) in [5.74, 6) is -0.353. The van der Waals surface area contributed by atoms with Crippen molar-refractivity contribution in [3.63, 3.8) is 0 Å². The molecule has 1 heterocycles. The van der Waals surface area contributed by atoms with E-state index in [1.165, 1.54) is 11.3 Å². The van der Waals surface area contributed by atoms with Gasteiger partial charge in [-0.05, 0) is 33.3 Å². The van der Waals surface area contributed by atoms with E-state index in [0.29, 0.717) is 10.6 Å². The van der Waals surface area contributed by atoms with Gasteiger partial charge in [-0.2, -0.15) is 0 Å². The summed E-state index contributed by atoms with van der Waals surface area (Å²) in [5.41, 5.74) is 1.29. The van der Waals surface area contributed by atoms with Gasteiger partial charge >= 0.3 is 5.97 Å². The zero-order valence-electron chi connectivity index (χ0n) is 11.5. The second kappa shape index (κ2) is 6.91. The van der Waals surface area contributed by atoms with Crippen molar-refractivity contribution in [2.24, 2.45) is 0 Å². The summed E-state index contributed by atoms with van der Waals surface area (Å²) in [6.07, 6.45) is 0.0226. The van der Waals surface area contributed by atoms with E-state index in [1.807, 2.05) is 13.8 Å². The zero-order valence-corrected chi connectivity index (χ0v) is 13.1. The summed E-state index contributed by atoms with van der Waals surface area (Å²) in [4.78, 5) is 24.6. The summed E-state index contributed by atoms with van der Waals surface area (Å²) >= 11 is 6.90. The van der Waals surface area contributed by atoms with Gasteiger partial charge in [0.15, 0.2) is 0 Å². The number of hydrogen-bond acceptors (Lipinski definition) is 4. The normalized spacial score (nSPS) is 10.6. The van der Waals surface area contributed by atoms with E-state index < -0.39 is 5.97 Å². The first-order valence-electron chi connectivity index (χ1n) is 6.03. The number of amides is 1. The quantitative estimate of drug-likeness (QED) is 0.669. The molecule has 1 aromatic heterocycles. The van der Waals surface area contributed by atoms with Crippen LogP contribution in [0.3, 0.4) is 0 Å². The van der Waals surface area contributed by atoms with E-state index in [2.05, 4.69) is 5.32 Å². The fraction of sp³-hybridized carbons (Fsp3) is 0.538. The van der Waals surface area contributed by atoms with Gasteiger partial charge in [-0.25, -0.2) is 4.79 Å². The molecule has 0 unspecified atom stereocenters. The highest BCUT2D eigenvalue weighted by molar-refractivity contribution is 7.16. The summed E-state index contributed by atoms with van der Waals surface area (Å²) in [7, 11) is 0. The van der Waals surface area contributed by atoms with Crippen LogP contribution >= 0.6 is 22.9 Å². The number of rotatable bonds is 5. The zero-order chi connectivity index (χ0) is 14.6. The number of thiophene rings is 1. The molecule has 0 aliphatic carbocycles. The smallest absolute Gasteiger partial charge is 0.341 e. The predicted octanol–water partition coefficient (Wildman–Crippen LogP) is 3.50. The summed E-state index contributed by atoms with van der Waals surface area (Å²) < 4.78 is 5.20. The molecular weight excluding hydrogens is 286 g/mol. The molecule has 0 saturated carbocycles. The third-order valence-corrected chi connectivity index (χ3v) is 3.82. The van der Waals surface area contributed by atoms with Crippen molar-refractivity contribution in [1.29, 1.82) is 0 Å². The topological polar surface area (TPSA) is 55.4 Å². The second-order valence-corrected chi connectivity index (χ2v) is 6.03. The van der Waals surface area contributed by atoms with Gasteiger partial charge < -0.3 is 10.1 Å². The van der Waals surface area contributed by atoms with Crippen molar-refractivity contribution < 1.29 is 14.3 Å². The Bertz CT molecular complexity index is 482. The lowest BCUT2D eigenvalue weighted by Crippen LogP contribution is -2.16. The van der Waals surface area contributed by atoms with E-state index >= 15 is 0 Å². The highest BCUT2D eigenvalue weighted by atomic mass is 35.5. The Morgan fingerprint density at radius 3 is 2.53 bits per heavy atom. The van der Waals surface area contributed by atoms with Gasteiger partial charge in [0.05, 0.1) is 11.7 Å². The van der Waals surface area contributed by atoms with Crippen LogP contribution in [0.25, 0.3) is 0 Å². The fourth-order valence-corrected chi connectivity index (χ4v) is 2.75. The molecule has 0 bridgehead atoms. The molecule has 106 valence electrons. The monoisotopic (exact) mass is 303 g/mol. The van der Waals surface area contributed by atoms with E-state index in [9.17, 15) is 9.59 Å². The molecule has 0 atom stereocenters. The standard InChI is InChI=1S/C13H18ClNO3S/c1-7(2)18-13(17)11-8(3)9(4)19-12(11)15-10(16)5-6-14/h7H,5-6H2,1-4H3,(H,15,16). The Labute approximate surface area is 122 Å². The van der Waals surface area contributed by atoms with Crippen molar-refractivity contribution in [1.82, 2.24) is 0 Å². The van der Waals surface area contributed by atoms with Crippen LogP contribution in [0.5, 0.6) is 0 Å². The minimum atomic E-state index is -0.405. The lowest BCUT2D eigenvalue weighted by molar-refractivity contribution is -0.115. The van der Waals surface area contributed by atoms with Gasteiger partial charge in [-0.3, -0.25) is 4.79 Å². The number of hydrogen-bond donors (Lipinski definition) is 1. The molecule has 0 aliphatic heterocycles. The molecule has 0 radical (unpaired) electrons. The van der Waals surface area contributed by atoms with Gasteiger partial charge in [0, 0.05) is 17.2 Å². The molecule has 19 heavy (non-hydrogen) atoms. The Morgan fingerprint density at radius 1 is 1.37 bits per heavy atom. The van der Waals surface area contributed by atoms with Crippen molar-refractivity contribution in [2.75, 3.05) is 11.2 Å². The first-order chi connectivity index (χ1) is 8.86. The van der Waals surface area contributed by atoms with Gasteiger partial charge in [-0.1, -0.05) is 0 Å². The number of aryl methyl sites for hydroxylation is 1. The first-order valence-corrected chi connectivity index (χ1v) is 7.38. The van der Waals surface area contributed by atoms with Crippen LogP contribution in [0.1, 0.15) is 41.1 Å². The molecular formula is C13H18ClNO3S. The highest BCUT2D eigenvalue weighted by Gasteiger charge is 2.22. The number of halogens is 1. The summed E-state index contributed by atoms with van der Waals surface area (Å²) in [6, 6.07) is 0. The number of anilines is 1. The van der Waals surface area contributed by atoms with Crippen LogP contribution < -0.4 is 5.32 Å². The molecule has 6 heteroatoms. The van der Waals surface area contributed by atoms with Crippen molar-refractivity contribution >= 4 is 39.8 Å².